The van der Waals surface area contributed by atoms with Crippen LogP contribution in [0.4, 0.5) is 0 Å². The van der Waals surface area contributed by atoms with E-state index in [1.54, 1.807) is 17.9 Å². The first-order valence-corrected chi connectivity index (χ1v) is 8.01. The number of fused-ring (bicyclic) bond motifs is 1. The van der Waals surface area contributed by atoms with Crippen LogP contribution in [0.25, 0.3) is 10.9 Å². The van der Waals surface area contributed by atoms with Crippen molar-refractivity contribution in [2.45, 2.75) is 26.4 Å². The Morgan fingerprint density at radius 1 is 1.36 bits per heavy atom. The number of nitrogens with one attached hydrogen (secondary N) is 3. The molecule has 3 rings (SSSR count). The number of carbonyl (C=O) groups is 1. The fraction of sp³-hybridized carbons (Fsp3) is 0.333. The number of H-pyrrole nitrogens is 1. The number of carbonyl (C=O) groups excluding carboxylic acids is 1. The molecule has 7 heteroatoms. The van der Waals surface area contributed by atoms with E-state index in [2.05, 4.69) is 46.7 Å². The van der Waals surface area contributed by atoms with Crippen molar-refractivity contribution in [3.8, 4) is 0 Å². The van der Waals surface area contributed by atoms with Crippen molar-refractivity contribution in [2.24, 2.45) is 7.05 Å². The van der Waals surface area contributed by atoms with Gasteiger partial charge in [-0.2, -0.15) is 5.10 Å². The van der Waals surface area contributed by atoms with Crippen molar-refractivity contribution >= 4 is 29.2 Å². The van der Waals surface area contributed by atoms with Crippen LogP contribution in [0.3, 0.4) is 0 Å². The van der Waals surface area contributed by atoms with Gasteiger partial charge in [0.15, 0.2) is 0 Å². The molecule has 1 unspecified atom stereocenters. The highest BCUT2D eigenvalue weighted by atomic mass is 35.5. The van der Waals surface area contributed by atoms with Crippen molar-refractivity contribution < 1.29 is 4.79 Å². The number of aromatic nitrogens is 3. The number of amides is 1. The van der Waals surface area contributed by atoms with Gasteiger partial charge in [0.05, 0.1) is 6.20 Å². The van der Waals surface area contributed by atoms with Crippen LogP contribution in [0.2, 0.25) is 0 Å². The fourth-order valence-corrected chi connectivity index (χ4v) is 2.95. The molecule has 0 fully saturated rings. The minimum absolute atomic E-state index is 0. The number of aromatic amines is 1. The molecular weight excluding hydrogens is 338 g/mol. The summed E-state index contributed by atoms with van der Waals surface area (Å²) in [5.41, 5.74) is 5.49. The van der Waals surface area contributed by atoms with E-state index >= 15 is 0 Å². The summed E-state index contributed by atoms with van der Waals surface area (Å²) in [7, 11) is 3.61. The molecular formula is C18H24ClN5O. The Morgan fingerprint density at radius 2 is 2.12 bits per heavy atom. The Kier molecular flexibility index (Phi) is 5.87. The Hall–Kier alpha value is -2.31. The summed E-state index contributed by atoms with van der Waals surface area (Å²) in [6.07, 6.45) is 3.55. The summed E-state index contributed by atoms with van der Waals surface area (Å²) in [4.78, 5) is 15.8. The minimum atomic E-state index is -0.404. The molecule has 6 nitrogen and oxygen atoms in total. The van der Waals surface area contributed by atoms with Gasteiger partial charge >= 0.3 is 0 Å². The average Bonchev–Trinajstić information content (AvgIpc) is 3.11. The fourth-order valence-electron chi connectivity index (χ4n) is 2.95. The molecule has 0 saturated carbocycles. The van der Waals surface area contributed by atoms with Crippen molar-refractivity contribution in [1.29, 1.82) is 0 Å². The number of benzene rings is 1. The maximum absolute atomic E-state index is 12.5. The summed E-state index contributed by atoms with van der Waals surface area (Å²) in [5.74, 6) is -0.0624. The van der Waals surface area contributed by atoms with Crippen molar-refractivity contribution in [2.75, 3.05) is 7.05 Å². The molecule has 0 aliphatic carbocycles. The number of aryl methyl sites for hydroxylation is 3. The zero-order valence-corrected chi connectivity index (χ0v) is 15.7. The molecule has 2 aromatic heterocycles. The van der Waals surface area contributed by atoms with Gasteiger partial charge < -0.3 is 15.6 Å². The highest BCUT2D eigenvalue weighted by molar-refractivity contribution is 5.86. The third-order valence-corrected chi connectivity index (χ3v) is 4.45. The average molecular weight is 362 g/mol. The monoisotopic (exact) mass is 361 g/mol. The summed E-state index contributed by atoms with van der Waals surface area (Å²) in [6, 6.07) is 5.83. The van der Waals surface area contributed by atoms with Gasteiger partial charge in [-0.3, -0.25) is 9.48 Å². The normalized spacial score (nSPS) is 12.0. The van der Waals surface area contributed by atoms with Gasteiger partial charge in [-0.1, -0.05) is 6.07 Å². The van der Waals surface area contributed by atoms with Crippen molar-refractivity contribution in [3.05, 3.63) is 53.0 Å². The number of hydrogen-bond acceptors (Lipinski definition) is 3. The molecule has 3 aromatic rings. The van der Waals surface area contributed by atoms with Gasteiger partial charge in [0.2, 0.25) is 5.91 Å². The summed E-state index contributed by atoms with van der Waals surface area (Å²) in [5, 5.41) is 11.4. The van der Waals surface area contributed by atoms with Gasteiger partial charge in [-0.15, -0.1) is 12.4 Å². The molecule has 0 aliphatic rings. The molecule has 1 amide bonds. The van der Waals surface area contributed by atoms with Crippen molar-refractivity contribution in [3.63, 3.8) is 0 Å². The third-order valence-electron chi connectivity index (χ3n) is 4.45. The smallest absolute Gasteiger partial charge is 0.242 e. The number of likely N-dealkylation sites (N-methyl/N-ethyl adjacent to an activating group) is 1. The number of nitrogens with zero attached hydrogens (tertiary/aromatic N) is 2. The summed E-state index contributed by atoms with van der Waals surface area (Å²) >= 11 is 0. The standard InChI is InChI=1S/C18H23N5O.ClH/c1-11-12(2)22-16-6-5-13(7-15(11)16)8-20-18(24)17(19-3)14-9-21-23(4)10-14;/h5-7,9-10,17,19,22H,8H2,1-4H3,(H,20,24);1H. The molecule has 3 N–H and O–H groups in total. The van der Waals surface area contributed by atoms with Gasteiger partial charge in [-0.25, -0.2) is 0 Å². The number of hydrogen-bond donors (Lipinski definition) is 3. The first kappa shape index (κ1) is 19.0. The molecule has 0 aliphatic heterocycles. The van der Waals surface area contributed by atoms with E-state index in [0.717, 1.165) is 16.6 Å². The minimum Gasteiger partial charge on any atom is -0.358 e. The molecule has 0 saturated heterocycles. The van der Waals surface area contributed by atoms with E-state index in [9.17, 15) is 4.79 Å². The Balaban J connectivity index is 0.00000225. The lowest BCUT2D eigenvalue weighted by Crippen LogP contribution is -2.35. The van der Waals surface area contributed by atoms with Crippen LogP contribution in [0.1, 0.15) is 28.4 Å². The lowest BCUT2D eigenvalue weighted by atomic mass is 10.1. The second-order valence-corrected chi connectivity index (χ2v) is 6.14. The first-order chi connectivity index (χ1) is 11.5. The van der Waals surface area contributed by atoms with E-state index in [-0.39, 0.29) is 18.3 Å². The van der Waals surface area contributed by atoms with Gasteiger partial charge in [-0.05, 0) is 44.2 Å². The second kappa shape index (κ2) is 7.72. The van der Waals surface area contributed by atoms with E-state index in [4.69, 9.17) is 0 Å². The molecule has 0 spiro atoms. The molecule has 25 heavy (non-hydrogen) atoms. The Bertz CT molecular complexity index is 883. The van der Waals surface area contributed by atoms with Gasteiger partial charge in [0.1, 0.15) is 6.04 Å². The summed E-state index contributed by atoms with van der Waals surface area (Å²) in [6.45, 7) is 4.68. The summed E-state index contributed by atoms with van der Waals surface area (Å²) < 4.78 is 1.69. The van der Waals surface area contributed by atoms with Crippen molar-refractivity contribution in [1.82, 2.24) is 25.4 Å². The van der Waals surface area contributed by atoms with Gasteiger partial charge in [0, 0.05) is 41.9 Å². The van der Waals surface area contributed by atoms with Crippen LogP contribution < -0.4 is 10.6 Å². The topological polar surface area (TPSA) is 74.7 Å². The zero-order valence-electron chi connectivity index (χ0n) is 14.9. The maximum Gasteiger partial charge on any atom is 0.242 e. The van der Waals surface area contributed by atoms with Crippen LogP contribution in [0.5, 0.6) is 0 Å². The number of rotatable bonds is 5. The Labute approximate surface area is 153 Å². The predicted molar refractivity (Wildman–Crippen MR) is 102 cm³/mol. The van der Waals surface area contributed by atoms with Crippen LogP contribution >= 0.6 is 12.4 Å². The van der Waals surface area contributed by atoms with Crippen LogP contribution in [-0.4, -0.2) is 27.7 Å². The zero-order chi connectivity index (χ0) is 17.3. The highest BCUT2D eigenvalue weighted by Crippen LogP contribution is 2.22. The van der Waals surface area contributed by atoms with E-state index in [1.165, 1.54) is 16.6 Å². The molecule has 0 radical (unpaired) electrons. The largest absolute Gasteiger partial charge is 0.358 e. The lowest BCUT2D eigenvalue weighted by molar-refractivity contribution is -0.123. The lowest BCUT2D eigenvalue weighted by Gasteiger charge is -2.14. The molecule has 2 heterocycles. The van der Waals surface area contributed by atoms with Crippen LogP contribution in [0, 0.1) is 13.8 Å². The van der Waals surface area contributed by atoms with E-state index < -0.39 is 6.04 Å². The van der Waals surface area contributed by atoms with Gasteiger partial charge in [0.25, 0.3) is 0 Å². The molecule has 134 valence electrons. The molecule has 1 aromatic carbocycles. The number of halogens is 1. The quantitative estimate of drug-likeness (QED) is 0.653. The highest BCUT2D eigenvalue weighted by Gasteiger charge is 2.19. The van der Waals surface area contributed by atoms with Crippen LogP contribution in [0.15, 0.2) is 30.6 Å². The Morgan fingerprint density at radius 3 is 2.76 bits per heavy atom. The molecule has 1 atom stereocenters. The second-order valence-electron chi connectivity index (χ2n) is 6.14. The third kappa shape index (κ3) is 3.86. The van der Waals surface area contributed by atoms with Crippen LogP contribution in [-0.2, 0) is 18.4 Å². The van der Waals surface area contributed by atoms with E-state index in [1.807, 2.05) is 19.3 Å². The first-order valence-electron chi connectivity index (χ1n) is 8.01. The maximum atomic E-state index is 12.5. The predicted octanol–water partition coefficient (Wildman–Crippen LogP) is 2.52. The molecule has 0 bridgehead atoms. The van der Waals surface area contributed by atoms with E-state index in [0.29, 0.717) is 6.54 Å². The SMILES string of the molecule is CNC(C(=O)NCc1ccc2[nH]c(C)c(C)c2c1)c1cnn(C)c1.Cl.